The maximum Gasteiger partial charge on any atom is 0.311 e. The number of nitriles is 1. The summed E-state index contributed by atoms with van der Waals surface area (Å²) in [5, 5.41) is 42.7. The molecule has 0 bridgehead atoms. The number of hydrogen-bond acceptors (Lipinski definition) is 8. The van der Waals surface area contributed by atoms with Gasteiger partial charge in [-0.1, -0.05) is 6.07 Å². The molecule has 0 unspecified atom stereocenters. The van der Waals surface area contributed by atoms with Gasteiger partial charge in [-0.05, 0) is 29.8 Å². The third-order valence-corrected chi connectivity index (χ3v) is 4.61. The summed E-state index contributed by atoms with van der Waals surface area (Å²) in [7, 11) is 0. The first-order valence-corrected chi connectivity index (χ1v) is 8.57. The van der Waals surface area contributed by atoms with Crippen molar-refractivity contribution in [2.24, 2.45) is 0 Å². The second kappa shape index (κ2) is 7.65. The minimum absolute atomic E-state index is 0.0364. The molecule has 2 aromatic carbocycles. The maximum atomic E-state index is 10.9. The van der Waals surface area contributed by atoms with Crippen molar-refractivity contribution in [2.45, 2.75) is 0 Å². The topological polar surface area (TPSA) is 143 Å². The Balaban J connectivity index is 1.93. The molecule has 10 heteroatoms. The van der Waals surface area contributed by atoms with Crippen LogP contribution in [0.2, 0.25) is 0 Å². The van der Waals surface area contributed by atoms with Gasteiger partial charge in [0.25, 0.3) is 5.69 Å². The predicted molar refractivity (Wildman–Crippen MR) is 102 cm³/mol. The van der Waals surface area contributed by atoms with Gasteiger partial charge >= 0.3 is 5.69 Å². The molecule has 0 aliphatic heterocycles. The van der Waals surface area contributed by atoms with Crippen molar-refractivity contribution < 1.29 is 15.0 Å². The second-order valence-electron chi connectivity index (χ2n) is 5.52. The fraction of sp³-hybridized carbons (Fsp3) is 0. The van der Waals surface area contributed by atoms with Gasteiger partial charge in [-0.3, -0.25) is 20.2 Å². The minimum atomic E-state index is -0.713. The number of phenols is 1. The Hall–Kier alpha value is -4.10. The lowest BCUT2D eigenvalue weighted by molar-refractivity contribution is -0.385. The van der Waals surface area contributed by atoms with Gasteiger partial charge in [0, 0.05) is 29.1 Å². The standard InChI is InChI=1S/C18H10N4O5S/c19-9-13(7-11-1-6-17(23)16(8-11)22(26)27)18-20-15(10-28-18)12-2-4-14(5-3-12)21(24)25/h1-8,10,23H. The SMILES string of the molecule is N#CC(=Cc1ccc(O)c([N+](=O)[O-])c1)c1nc(-c2ccc([N+](=O)[O-])cc2)cs1. The summed E-state index contributed by atoms with van der Waals surface area (Å²) in [5.74, 6) is -0.463. The molecule has 9 nitrogen and oxygen atoms in total. The number of nitro groups is 2. The van der Waals surface area contributed by atoms with Gasteiger partial charge in [0.1, 0.15) is 11.1 Å². The Morgan fingerprint density at radius 1 is 1.14 bits per heavy atom. The van der Waals surface area contributed by atoms with E-state index in [4.69, 9.17) is 0 Å². The highest BCUT2D eigenvalue weighted by atomic mass is 32.1. The number of aromatic hydroxyl groups is 1. The molecule has 0 atom stereocenters. The highest BCUT2D eigenvalue weighted by molar-refractivity contribution is 7.11. The van der Waals surface area contributed by atoms with Crippen molar-refractivity contribution in [3.05, 3.63) is 78.6 Å². The number of non-ortho nitro benzene ring substituents is 1. The average molecular weight is 394 g/mol. The molecule has 0 spiro atoms. The van der Waals surface area contributed by atoms with Crippen LogP contribution in [0, 0.1) is 31.6 Å². The molecule has 0 saturated heterocycles. The summed E-state index contributed by atoms with van der Waals surface area (Å²) in [6.07, 6.45) is 1.44. The van der Waals surface area contributed by atoms with Crippen LogP contribution in [0.15, 0.2) is 47.8 Å². The van der Waals surface area contributed by atoms with Gasteiger partial charge in [0.05, 0.1) is 21.1 Å². The number of nitrogens with zero attached hydrogens (tertiary/aromatic N) is 4. The van der Waals surface area contributed by atoms with E-state index < -0.39 is 21.3 Å². The smallest absolute Gasteiger partial charge is 0.311 e. The lowest BCUT2D eigenvalue weighted by Gasteiger charge is -1.99. The van der Waals surface area contributed by atoms with Crippen molar-refractivity contribution in [3.8, 4) is 23.1 Å². The lowest BCUT2D eigenvalue weighted by atomic mass is 10.1. The van der Waals surface area contributed by atoms with E-state index in [-0.39, 0.29) is 11.3 Å². The van der Waals surface area contributed by atoms with E-state index in [1.54, 1.807) is 17.5 Å². The lowest BCUT2D eigenvalue weighted by Crippen LogP contribution is -1.89. The van der Waals surface area contributed by atoms with Crippen molar-refractivity contribution >= 4 is 34.4 Å². The Kier molecular flexibility index (Phi) is 5.10. The van der Waals surface area contributed by atoms with Crippen LogP contribution < -0.4 is 0 Å². The zero-order valence-electron chi connectivity index (χ0n) is 14.0. The molecule has 1 heterocycles. The van der Waals surface area contributed by atoms with Gasteiger partial charge in [0.2, 0.25) is 0 Å². The van der Waals surface area contributed by atoms with E-state index in [2.05, 4.69) is 4.98 Å². The first-order chi connectivity index (χ1) is 13.4. The van der Waals surface area contributed by atoms with Crippen LogP contribution in [0.4, 0.5) is 11.4 Å². The Morgan fingerprint density at radius 3 is 2.46 bits per heavy atom. The molecule has 1 aromatic heterocycles. The highest BCUT2D eigenvalue weighted by Crippen LogP contribution is 2.31. The summed E-state index contributed by atoms with van der Waals surface area (Å²) in [6, 6.07) is 11.7. The Morgan fingerprint density at radius 2 is 1.86 bits per heavy atom. The van der Waals surface area contributed by atoms with E-state index in [0.717, 1.165) is 6.07 Å². The summed E-state index contributed by atoms with van der Waals surface area (Å²) in [4.78, 5) is 24.8. The van der Waals surface area contributed by atoms with E-state index >= 15 is 0 Å². The zero-order valence-corrected chi connectivity index (χ0v) is 14.8. The molecular formula is C18H10N4O5S. The fourth-order valence-electron chi connectivity index (χ4n) is 2.37. The average Bonchev–Trinajstić information content (AvgIpc) is 3.17. The first-order valence-electron chi connectivity index (χ1n) is 7.69. The number of thiazole rings is 1. The van der Waals surface area contributed by atoms with Gasteiger partial charge in [0.15, 0.2) is 5.75 Å². The summed E-state index contributed by atoms with van der Waals surface area (Å²) >= 11 is 1.20. The van der Waals surface area contributed by atoms with Gasteiger partial charge in [-0.15, -0.1) is 11.3 Å². The molecule has 0 amide bonds. The number of rotatable bonds is 5. The number of nitro benzene ring substituents is 2. The number of hydrogen-bond donors (Lipinski definition) is 1. The van der Waals surface area contributed by atoms with Crippen molar-refractivity contribution in [1.29, 1.82) is 5.26 Å². The Labute approximate surface area is 161 Å². The largest absolute Gasteiger partial charge is 0.502 e. The van der Waals surface area contributed by atoms with Crippen molar-refractivity contribution in [2.75, 3.05) is 0 Å². The van der Waals surface area contributed by atoms with Crippen LogP contribution in [-0.2, 0) is 0 Å². The molecule has 0 aliphatic carbocycles. The number of allylic oxidation sites excluding steroid dienone is 1. The molecule has 3 rings (SSSR count). The van der Waals surface area contributed by atoms with E-state index in [1.807, 2.05) is 6.07 Å². The molecule has 0 saturated carbocycles. The molecule has 0 radical (unpaired) electrons. The van der Waals surface area contributed by atoms with E-state index in [9.17, 15) is 30.6 Å². The van der Waals surface area contributed by atoms with Crippen LogP contribution in [0.1, 0.15) is 10.6 Å². The monoisotopic (exact) mass is 394 g/mol. The molecule has 0 aliphatic rings. The molecule has 1 N–H and O–H groups in total. The van der Waals surface area contributed by atoms with E-state index in [0.29, 0.717) is 21.8 Å². The summed E-state index contributed by atoms with van der Waals surface area (Å²) in [6.45, 7) is 0. The van der Waals surface area contributed by atoms with Gasteiger partial charge in [-0.2, -0.15) is 5.26 Å². The van der Waals surface area contributed by atoms with Crippen molar-refractivity contribution in [1.82, 2.24) is 4.98 Å². The Bertz CT molecular complexity index is 1150. The fourth-order valence-corrected chi connectivity index (χ4v) is 3.16. The quantitative estimate of drug-likeness (QED) is 0.384. The summed E-state index contributed by atoms with van der Waals surface area (Å²) < 4.78 is 0. The molecule has 28 heavy (non-hydrogen) atoms. The van der Waals surface area contributed by atoms with Crippen LogP contribution in [-0.4, -0.2) is 19.9 Å². The van der Waals surface area contributed by atoms with Crippen molar-refractivity contribution in [3.63, 3.8) is 0 Å². The normalized spacial score (nSPS) is 11.0. The predicted octanol–water partition coefficient (Wildman–Crippen LogP) is 4.40. The van der Waals surface area contributed by atoms with Crippen LogP contribution in [0.5, 0.6) is 5.75 Å². The molecule has 138 valence electrons. The zero-order chi connectivity index (χ0) is 20.3. The third-order valence-electron chi connectivity index (χ3n) is 3.74. The molecular weight excluding hydrogens is 384 g/mol. The van der Waals surface area contributed by atoms with Crippen LogP contribution >= 0.6 is 11.3 Å². The summed E-state index contributed by atoms with van der Waals surface area (Å²) in [5.41, 5.74) is 1.27. The minimum Gasteiger partial charge on any atom is -0.502 e. The van der Waals surface area contributed by atoms with Gasteiger partial charge < -0.3 is 5.11 Å². The van der Waals surface area contributed by atoms with Crippen LogP contribution in [0.3, 0.4) is 0 Å². The second-order valence-corrected chi connectivity index (χ2v) is 6.38. The number of benzene rings is 2. The number of phenolic OH excluding ortho intramolecular Hbond substituents is 1. The highest BCUT2D eigenvalue weighted by Gasteiger charge is 2.15. The molecule has 0 fully saturated rings. The van der Waals surface area contributed by atoms with E-state index in [1.165, 1.54) is 41.7 Å². The maximum absolute atomic E-state index is 10.9. The number of aromatic nitrogens is 1. The third kappa shape index (κ3) is 3.84. The molecule has 3 aromatic rings. The van der Waals surface area contributed by atoms with Gasteiger partial charge in [-0.25, -0.2) is 4.98 Å². The first kappa shape index (κ1) is 18.7. The van der Waals surface area contributed by atoms with Crippen LogP contribution in [0.25, 0.3) is 22.9 Å².